The van der Waals surface area contributed by atoms with E-state index in [1.807, 2.05) is 12.1 Å². The van der Waals surface area contributed by atoms with E-state index in [1.54, 1.807) is 6.07 Å². The lowest BCUT2D eigenvalue weighted by molar-refractivity contribution is 0.100. The second kappa shape index (κ2) is 5.88. The Morgan fingerprint density at radius 3 is 2.43 bits per heavy atom. The first-order chi connectivity index (χ1) is 10.1. The number of rotatable bonds is 3. The molecule has 1 aromatic carbocycles. The average Bonchev–Trinajstić information content (AvgIpc) is 2.90. The summed E-state index contributed by atoms with van der Waals surface area (Å²) in [5, 5.41) is 3.98. The van der Waals surface area contributed by atoms with Crippen LogP contribution in [0.5, 0.6) is 0 Å². The number of nitrogens with two attached hydrogens (primary N) is 1. The molecule has 0 bridgehead atoms. The molecule has 2 saturated carbocycles. The molecule has 1 aromatic rings. The van der Waals surface area contributed by atoms with Crippen LogP contribution >= 0.6 is 11.6 Å². The first-order valence-electron chi connectivity index (χ1n) is 7.94. The van der Waals surface area contributed by atoms with Gasteiger partial charge in [0.15, 0.2) is 0 Å². The summed E-state index contributed by atoms with van der Waals surface area (Å²) in [5.74, 6) is -0.479. The summed E-state index contributed by atoms with van der Waals surface area (Å²) >= 11 is 6.10. The molecule has 2 aliphatic rings. The minimum Gasteiger partial charge on any atom is -0.382 e. The zero-order valence-electron chi connectivity index (χ0n) is 12.3. The molecule has 3 rings (SSSR count). The third-order valence-electron chi connectivity index (χ3n) is 5.32. The summed E-state index contributed by atoms with van der Waals surface area (Å²) in [6.45, 7) is 0. The molecular weight excluding hydrogens is 284 g/mol. The van der Waals surface area contributed by atoms with Gasteiger partial charge in [-0.3, -0.25) is 4.79 Å². The van der Waals surface area contributed by atoms with Crippen molar-refractivity contribution in [3.8, 4) is 0 Å². The largest absolute Gasteiger partial charge is 0.382 e. The van der Waals surface area contributed by atoms with Crippen LogP contribution in [-0.4, -0.2) is 11.9 Å². The van der Waals surface area contributed by atoms with Crippen LogP contribution in [-0.2, 0) is 0 Å². The van der Waals surface area contributed by atoms with Crippen molar-refractivity contribution in [1.82, 2.24) is 0 Å². The van der Waals surface area contributed by atoms with Gasteiger partial charge in [0.2, 0.25) is 5.91 Å². The second-order valence-electron chi connectivity index (χ2n) is 6.68. The fourth-order valence-corrected chi connectivity index (χ4v) is 4.31. The zero-order valence-corrected chi connectivity index (χ0v) is 13.1. The number of halogens is 1. The molecule has 4 heteroatoms. The van der Waals surface area contributed by atoms with Crippen molar-refractivity contribution in [2.45, 2.75) is 57.4 Å². The average molecular weight is 307 g/mol. The molecule has 114 valence electrons. The van der Waals surface area contributed by atoms with Crippen molar-refractivity contribution in [3.63, 3.8) is 0 Å². The number of amides is 1. The fraction of sp³-hybridized carbons (Fsp3) is 0.588. The van der Waals surface area contributed by atoms with Crippen LogP contribution < -0.4 is 11.1 Å². The van der Waals surface area contributed by atoms with E-state index in [4.69, 9.17) is 17.3 Å². The van der Waals surface area contributed by atoms with Crippen molar-refractivity contribution < 1.29 is 4.79 Å². The Labute approximate surface area is 131 Å². The highest BCUT2D eigenvalue weighted by molar-refractivity contribution is 6.34. The third-order valence-corrected chi connectivity index (χ3v) is 5.63. The van der Waals surface area contributed by atoms with Gasteiger partial charge in [0.25, 0.3) is 0 Å². The molecule has 3 N–H and O–H groups in total. The molecule has 0 aliphatic heterocycles. The molecule has 2 fully saturated rings. The van der Waals surface area contributed by atoms with Crippen molar-refractivity contribution >= 4 is 23.2 Å². The van der Waals surface area contributed by atoms with Crippen molar-refractivity contribution in [3.05, 3.63) is 28.8 Å². The highest BCUT2D eigenvalue weighted by Gasteiger charge is 2.37. The number of carbonyl (C=O) groups excluding carboxylic acids is 1. The van der Waals surface area contributed by atoms with Crippen molar-refractivity contribution in [1.29, 1.82) is 0 Å². The highest BCUT2D eigenvalue weighted by Crippen LogP contribution is 2.49. The first-order valence-corrected chi connectivity index (χ1v) is 8.32. The highest BCUT2D eigenvalue weighted by atomic mass is 35.5. The van der Waals surface area contributed by atoms with Crippen molar-refractivity contribution in [2.24, 2.45) is 11.1 Å². The molecule has 0 heterocycles. The predicted octanol–water partition coefficient (Wildman–Crippen LogP) is 4.35. The molecule has 0 unspecified atom stereocenters. The van der Waals surface area contributed by atoms with E-state index in [2.05, 4.69) is 5.32 Å². The van der Waals surface area contributed by atoms with Crippen LogP contribution in [0, 0.1) is 5.41 Å². The number of hydrogen-bond donors (Lipinski definition) is 2. The third kappa shape index (κ3) is 3.18. The molecule has 0 saturated heterocycles. The van der Waals surface area contributed by atoms with Gasteiger partial charge in [0, 0.05) is 11.7 Å². The molecule has 0 aromatic heterocycles. The molecule has 1 amide bonds. The standard InChI is InChI=1S/C17H23ClN2O/c18-15-11-13(3-4-14(15)16(19)21)20-12-5-9-17(10-6-12)7-1-2-8-17/h3-4,11-12,20H,1-2,5-10H2,(H2,19,21). The van der Waals surface area contributed by atoms with Gasteiger partial charge in [0.05, 0.1) is 10.6 Å². The van der Waals surface area contributed by atoms with Gasteiger partial charge in [-0.05, 0) is 62.1 Å². The summed E-state index contributed by atoms with van der Waals surface area (Å²) in [6, 6.07) is 5.92. The molecule has 0 radical (unpaired) electrons. The Bertz CT molecular complexity index is 528. The maximum atomic E-state index is 11.2. The molecule has 0 atom stereocenters. The van der Waals surface area contributed by atoms with Crippen molar-refractivity contribution in [2.75, 3.05) is 5.32 Å². The van der Waals surface area contributed by atoms with E-state index in [0.29, 0.717) is 22.0 Å². The maximum Gasteiger partial charge on any atom is 0.250 e. The Hall–Kier alpha value is -1.22. The summed E-state index contributed by atoms with van der Waals surface area (Å²) < 4.78 is 0. The van der Waals surface area contributed by atoms with E-state index in [-0.39, 0.29) is 0 Å². The van der Waals surface area contributed by atoms with E-state index < -0.39 is 5.91 Å². The lowest BCUT2D eigenvalue weighted by atomic mass is 9.71. The minimum absolute atomic E-state index is 0.385. The van der Waals surface area contributed by atoms with Gasteiger partial charge < -0.3 is 11.1 Å². The van der Waals surface area contributed by atoms with E-state index in [1.165, 1.54) is 51.4 Å². The van der Waals surface area contributed by atoms with Crippen LogP contribution in [0.1, 0.15) is 61.7 Å². The quantitative estimate of drug-likeness (QED) is 0.872. The van der Waals surface area contributed by atoms with Gasteiger partial charge in [-0.15, -0.1) is 0 Å². The lowest BCUT2D eigenvalue weighted by Crippen LogP contribution is -2.31. The Morgan fingerprint density at radius 1 is 1.19 bits per heavy atom. The molecule has 1 spiro atoms. The van der Waals surface area contributed by atoms with Gasteiger partial charge in [-0.2, -0.15) is 0 Å². The summed E-state index contributed by atoms with van der Waals surface area (Å²) in [5.41, 5.74) is 7.30. The minimum atomic E-state index is -0.479. The second-order valence-corrected chi connectivity index (χ2v) is 7.09. The lowest BCUT2D eigenvalue weighted by Gasteiger charge is -2.37. The zero-order chi connectivity index (χ0) is 14.9. The van der Waals surface area contributed by atoms with Gasteiger partial charge in [-0.1, -0.05) is 24.4 Å². The van der Waals surface area contributed by atoms with E-state index in [9.17, 15) is 4.79 Å². The topological polar surface area (TPSA) is 55.1 Å². The number of primary amides is 1. The van der Waals surface area contributed by atoms with Gasteiger partial charge in [-0.25, -0.2) is 0 Å². The maximum absolute atomic E-state index is 11.2. The molecule has 3 nitrogen and oxygen atoms in total. The summed E-state index contributed by atoms with van der Waals surface area (Å²) in [4.78, 5) is 11.2. The SMILES string of the molecule is NC(=O)c1ccc(NC2CCC3(CCCC3)CC2)cc1Cl. The normalized spacial score (nSPS) is 21.6. The monoisotopic (exact) mass is 306 g/mol. The number of anilines is 1. The van der Waals surface area contributed by atoms with Crippen LogP contribution in [0.2, 0.25) is 5.02 Å². The van der Waals surface area contributed by atoms with Gasteiger partial charge in [0.1, 0.15) is 0 Å². The Kier molecular flexibility index (Phi) is 4.12. The van der Waals surface area contributed by atoms with Gasteiger partial charge >= 0.3 is 0 Å². The fourth-order valence-electron chi connectivity index (χ4n) is 4.04. The number of hydrogen-bond acceptors (Lipinski definition) is 2. The van der Waals surface area contributed by atoms with Crippen LogP contribution in [0.25, 0.3) is 0 Å². The van der Waals surface area contributed by atoms with Crippen LogP contribution in [0.3, 0.4) is 0 Å². The Morgan fingerprint density at radius 2 is 1.86 bits per heavy atom. The van der Waals surface area contributed by atoms with E-state index >= 15 is 0 Å². The number of carbonyl (C=O) groups is 1. The van der Waals surface area contributed by atoms with E-state index in [0.717, 1.165) is 5.69 Å². The Balaban J connectivity index is 1.60. The molecule has 21 heavy (non-hydrogen) atoms. The smallest absolute Gasteiger partial charge is 0.250 e. The molecular formula is C17H23ClN2O. The first kappa shape index (κ1) is 14.7. The summed E-state index contributed by atoms with van der Waals surface area (Å²) in [6.07, 6.45) is 10.8. The van der Waals surface area contributed by atoms with Crippen LogP contribution in [0.15, 0.2) is 18.2 Å². The predicted molar refractivity (Wildman–Crippen MR) is 86.7 cm³/mol. The number of nitrogens with one attached hydrogen (secondary N) is 1. The van der Waals surface area contributed by atoms with Crippen LogP contribution in [0.4, 0.5) is 5.69 Å². The summed E-state index contributed by atoms with van der Waals surface area (Å²) in [7, 11) is 0. The molecule has 2 aliphatic carbocycles. The number of benzene rings is 1.